The van der Waals surface area contributed by atoms with Crippen molar-refractivity contribution in [3.05, 3.63) is 88.0 Å². The normalized spacial score (nSPS) is 10.9. The molecule has 0 saturated heterocycles. The van der Waals surface area contributed by atoms with E-state index in [1.54, 1.807) is 12.1 Å². The highest BCUT2D eigenvalue weighted by Crippen LogP contribution is 2.24. The summed E-state index contributed by atoms with van der Waals surface area (Å²) in [6.45, 7) is 0.337. The van der Waals surface area contributed by atoms with E-state index in [1.807, 2.05) is 48.5 Å². The van der Waals surface area contributed by atoms with E-state index in [1.165, 1.54) is 10.7 Å². The smallest absolute Gasteiger partial charge is 0.266 e. The Balaban J connectivity index is 1.53. The monoisotopic (exact) mass is 378 g/mol. The molecule has 0 atom stereocenters. The predicted octanol–water partition coefficient (Wildman–Crippen LogP) is 3.86. The zero-order chi connectivity index (χ0) is 18.6. The Labute approximate surface area is 160 Å². The molecule has 0 spiro atoms. The predicted molar refractivity (Wildman–Crippen MR) is 102 cm³/mol. The van der Waals surface area contributed by atoms with Gasteiger partial charge in [0.05, 0.1) is 17.3 Å². The topological polar surface area (TPSA) is 73.8 Å². The molecule has 0 radical (unpaired) electrons. The van der Waals surface area contributed by atoms with Crippen LogP contribution < -0.4 is 5.56 Å². The Morgan fingerprint density at radius 3 is 2.56 bits per heavy atom. The van der Waals surface area contributed by atoms with E-state index in [-0.39, 0.29) is 5.56 Å². The molecule has 0 bridgehead atoms. The van der Waals surface area contributed by atoms with Crippen molar-refractivity contribution in [2.75, 3.05) is 0 Å². The van der Waals surface area contributed by atoms with Crippen LogP contribution in [-0.4, -0.2) is 19.9 Å². The van der Waals surface area contributed by atoms with Gasteiger partial charge in [-0.1, -0.05) is 59.2 Å². The van der Waals surface area contributed by atoms with E-state index in [0.717, 1.165) is 11.3 Å². The Hall–Kier alpha value is -3.25. The van der Waals surface area contributed by atoms with Crippen LogP contribution in [0.1, 0.15) is 5.89 Å². The molecule has 0 saturated carbocycles. The number of hydrogen-bond donors (Lipinski definition) is 0. The fourth-order valence-electron chi connectivity index (χ4n) is 2.68. The van der Waals surface area contributed by atoms with Gasteiger partial charge in [-0.25, -0.2) is 4.68 Å². The maximum absolute atomic E-state index is 12.1. The summed E-state index contributed by atoms with van der Waals surface area (Å²) in [6.07, 6.45) is 0.391. The van der Waals surface area contributed by atoms with Gasteiger partial charge < -0.3 is 4.52 Å². The Kier molecular flexibility index (Phi) is 4.80. The van der Waals surface area contributed by atoms with Gasteiger partial charge in [-0.15, -0.1) is 0 Å². The van der Waals surface area contributed by atoms with Crippen LogP contribution in [0.5, 0.6) is 0 Å². The molecule has 7 heteroatoms. The van der Waals surface area contributed by atoms with E-state index < -0.39 is 0 Å². The molecule has 4 aromatic rings. The van der Waals surface area contributed by atoms with E-state index in [0.29, 0.717) is 35.3 Å². The summed E-state index contributed by atoms with van der Waals surface area (Å²) < 4.78 is 6.69. The fraction of sp³-hybridized carbons (Fsp3) is 0.100. The molecule has 0 aliphatic carbocycles. The number of halogens is 1. The standard InChI is InChI=1S/C20H15ClN4O2/c21-16-9-5-4-8-15(16)20-22-18(27-24-20)12-13-25-19(26)11-10-17(23-25)14-6-2-1-3-7-14/h1-11H,12-13H2. The van der Waals surface area contributed by atoms with Crippen LogP contribution in [0.4, 0.5) is 0 Å². The van der Waals surface area contributed by atoms with Crippen LogP contribution in [-0.2, 0) is 13.0 Å². The number of rotatable bonds is 5. The zero-order valence-corrected chi connectivity index (χ0v) is 15.0. The van der Waals surface area contributed by atoms with Crippen molar-refractivity contribution in [2.24, 2.45) is 0 Å². The highest BCUT2D eigenvalue weighted by atomic mass is 35.5. The third-order valence-electron chi connectivity index (χ3n) is 4.06. The molecule has 134 valence electrons. The average molecular weight is 379 g/mol. The van der Waals surface area contributed by atoms with E-state index >= 15 is 0 Å². The molecule has 2 heterocycles. The first-order chi connectivity index (χ1) is 13.2. The lowest BCUT2D eigenvalue weighted by Crippen LogP contribution is -2.23. The third-order valence-corrected chi connectivity index (χ3v) is 4.39. The molecule has 27 heavy (non-hydrogen) atoms. The summed E-state index contributed by atoms with van der Waals surface area (Å²) in [5.74, 6) is 0.845. The summed E-state index contributed by atoms with van der Waals surface area (Å²) in [6, 6.07) is 20.2. The van der Waals surface area contributed by atoms with Crippen LogP contribution in [0, 0.1) is 0 Å². The van der Waals surface area contributed by atoms with Gasteiger partial charge in [0.25, 0.3) is 5.56 Å². The number of hydrogen-bond acceptors (Lipinski definition) is 5. The summed E-state index contributed by atoms with van der Waals surface area (Å²) in [7, 11) is 0. The van der Waals surface area contributed by atoms with Crippen LogP contribution in [0.2, 0.25) is 5.02 Å². The lowest BCUT2D eigenvalue weighted by molar-refractivity contribution is 0.368. The second-order valence-electron chi connectivity index (χ2n) is 5.89. The van der Waals surface area contributed by atoms with Gasteiger partial charge in [-0.2, -0.15) is 10.1 Å². The molecule has 4 rings (SSSR count). The SMILES string of the molecule is O=c1ccc(-c2ccccc2)nn1CCc1nc(-c2ccccc2Cl)no1. The van der Waals surface area contributed by atoms with Gasteiger partial charge in [0.1, 0.15) is 0 Å². The molecule has 0 aliphatic rings. The largest absolute Gasteiger partial charge is 0.339 e. The highest BCUT2D eigenvalue weighted by Gasteiger charge is 2.12. The molecule has 0 unspecified atom stereocenters. The van der Waals surface area contributed by atoms with Crippen LogP contribution in [0.3, 0.4) is 0 Å². The Bertz CT molecular complexity index is 1120. The minimum Gasteiger partial charge on any atom is -0.339 e. The van der Waals surface area contributed by atoms with Gasteiger partial charge in [-0.05, 0) is 18.2 Å². The Morgan fingerprint density at radius 1 is 0.963 bits per heavy atom. The quantitative estimate of drug-likeness (QED) is 0.527. The van der Waals surface area contributed by atoms with Crippen molar-refractivity contribution >= 4 is 11.6 Å². The molecular weight excluding hydrogens is 364 g/mol. The molecule has 2 aromatic carbocycles. The van der Waals surface area contributed by atoms with Crippen LogP contribution >= 0.6 is 11.6 Å². The number of benzene rings is 2. The van der Waals surface area contributed by atoms with Gasteiger partial charge in [0.2, 0.25) is 11.7 Å². The molecule has 6 nitrogen and oxygen atoms in total. The van der Waals surface area contributed by atoms with Crippen molar-refractivity contribution < 1.29 is 4.52 Å². The molecule has 0 amide bonds. The number of aromatic nitrogens is 4. The lowest BCUT2D eigenvalue weighted by Gasteiger charge is -2.05. The van der Waals surface area contributed by atoms with Crippen LogP contribution in [0.25, 0.3) is 22.6 Å². The first-order valence-corrected chi connectivity index (χ1v) is 8.79. The second-order valence-corrected chi connectivity index (χ2v) is 6.29. The number of nitrogens with zero attached hydrogens (tertiary/aromatic N) is 4. The molecular formula is C20H15ClN4O2. The summed E-state index contributed by atoms with van der Waals surface area (Å²) in [5, 5.41) is 8.95. The third kappa shape index (κ3) is 3.80. The van der Waals surface area contributed by atoms with E-state index in [2.05, 4.69) is 15.2 Å². The molecule has 2 aromatic heterocycles. The van der Waals surface area contributed by atoms with Crippen molar-refractivity contribution in [2.45, 2.75) is 13.0 Å². The molecule has 0 aliphatic heterocycles. The van der Waals surface area contributed by atoms with E-state index in [4.69, 9.17) is 16.1 Å². The van der Waals surface area contributed by atoms with Crippen molar-refractivity contribution in [1.29, 1.82) is 0 Å². The zero-order valence-electron chi connectivity index (χ0n) is 14.2. The van der Waals surface area contributed by atoms with Gasteiger partial charge in [-0.3, -0.25) is 4.79 Å². The van der Waals surface area contributed by atoms with Crippen molar-refractivity contribution in [1.82, 2.24) is 19.9 Å². The van der Waals surface area contributed by atoms with Gasteiger partial charge in [0.15, 0.2) is 0 Å². The first kappa shape index (κ1) is 17.2. The maximum Gasteiger partial charge on any atom is 0.266 e. The minimum atomic E-state index is -0.180. The summed E-state index contributed by atoms with van der Waals surface area (Å²) >= 11 is 6.16. The lowest BCUT2D eigenvalue weighted by atomic mass is 10.1. The highest BCUT2D eigenvalue weighted by molar-refractivity contribution is 6.33. The molecule has 0 fully saturated rings. The summed E-state index contributed by atoms with van der Waals surface area (Å²) in [5.41, 5.74) is 2.21. The van der Waals surface area contributed by atoms with Crippen molar-refractivity contribution in [3.8, 4) is 22.6 Å². The minimum absolute atomic E-state index is 0.180. The summed E-state index contributed by atoms with van der Waals surface area (Å²) in [4.78, 5) is 16.5. The second kappa shape index (κ2) is 7.55. The van der Waals surface area contributed by atoms with Gasteiger partial charge in [0, 0.05) is 23.6 Å². The Morgan fingerprint density at radius 2 is 1.74 bits per heavy atom. The van der Waals surface area contributed by atoms with Crippen LogP contribution in [0.15, 0.2) is 76.0 Å². The first-order valence-electron chi connectivity index (χ1n) is 8.42. The fourth-order valence-corrected chi connectivity index (χ4v) is 2.90. The van der Waals surface area contributed by atoms with E-state index in [9.17, 15) is 4.79 Å². The van der Waals surface area contributed by atoms with Gasteiger partial charge >= 0.3 is 0 Å². The number of aryl methyl sites for hydroxylation is 2. The van der Waals surface area contributed by atoms with Crippen molar-refractivity contribution in [3.63, 3.8) is 0 Å². The average Bonchev–Trinajstić information content (AvgIpc) is 3.17. The molecule has 0 N–H and O–H groups in total. The maximum atomic E-state index is 12.1.